The molecular weight excluding hydrogens is 234 g/mol. The largest absolute Gasteiger partial charge is 0.356 e. The van der Waals surface area contributed by atoms with Gasteiger partial charge in [0.05, 0.1) is 0 Å². The van der Waals surface area contributed by atoms with Gasteiger partial charge in [0.15, 0.2) is 0 Å². The molecule has 1 heterocycles. The van der Waals surface area contributed by atoms with Crippen LogP contribution in [0, 0.1) is 11.8 Å². The SMILES string of the molecule is CNC(C)c1cccnc1N(CC(C)C)CC(C)C. The van der Waals surface area contributed by atoms with E-state index in [-0.39, 0.29) is 0 Å². The van der Waals surface area contributed by atoms with Crippen molar-refractivity contribution >= 4 is 5.82 Å². The van der Waals surface area contributed by atoms with Gasteiger partial charge in [0.2, 0.25) is 0 Å². The van der Waals surface area contributed by atoms with E-state index in [2.05, 4.69) is 55.9 Å². The molecule has 0 saturated heterocycles. The number of hydrogen-bond acceptors (Lipinski definition) is 3. The second kappa shape index (κ2) is 7.49. The molecule has 0 aromatic carbocycles. The zero-order valence-electron chi connectivity index (χ0n) is 13.3. The van der Waals surface area contributed by atoms with Gasteiger partial charge in [0, 0.05) is 30.9 Å². The van der Waals surface area contributed by atoms with Crippen LogP contribution in [0.25, 0.3) is 0 Å². The first-order valence-electron chi connectivity index (χ1n) is 7.32. The maximum Gasteiger partial charge on any atom is 0.133 e. The predicted octanol–water partition coefficient (Wildman–Crippen LogP) is 3.48. The number of rotatable bonds is 7. The van der Waals surface area contributed by atoms with Gasteiger partial charge >= 0.3 is 0 Å². The summed E-state index contributed by atoms with van der Waals surface area (Å²) < 4.78 is 0. The average Bonchev–Trinajstić information content (AvgIpc) is 2.36. The third-order valence-corrected chi connectivity index (χ3v) is 3.19. The molecule has 19 heavy (non-hydrogen) atoms. The molecule has 0 aliphatic rings. The monoisotopic (exact) mass is 263 g/mol. The van der Waals surface area contributed by atoms with Crippen molar-refractivity contribution < 1.29 is 0 Å². The molecule has 1 atom stereocenters. The number of nitrogens with one attached hydrogen (secondary N) is 1. The van der Waals surface area contributed by atoms with Crippen LogP contribution in [0.5, 0.6) is 0 Å². The van der Waals surface area contributed by atoms with Crippen LogP contribution in [-0.2, 0) is 0 Å². The van der Waals surface area contributed by atoms with Crippen molar-refractivity contribution in [2.24, 2.45) is 11.8 Å². The second-order valence-electron chi connectivity index (χ2n) is 6.12. The van der Waals surface area contributed by atoms with E-state index in [1.165, 1.54) is 5.56 Å². The van der Waals surface area contributed by atoms with Crippen LogP contribution in [0.2, 0.25) is 0 Å². The van der Waals surface area contributed by atoms with Gasteiger partial charge in [-0.25, -0.2) is 4.98 Å². The fraction of sp³-hybridized carbons (Fsp3) is 0.688. The fourth-order valence-corrected chi connectivity index (χ4v) is 2.30. The molecule has 0 fully saturated rings. The maximum atomic E-state index is 4.64. The van der Waals surface area contributed by atoms with E-state index in [1.54, 1.807) is 0 Å². The summed E-state index contributed by atoms with van der Waals surface area (Å²) >= 11 is 0. The topological polar surface area (TPSA) is 28.2 Å². The van der Waals surface area contributed by atoms with Crippen LogP contribution in [0.4, 0.5) is 5.82 Å². The molecule has 0 amide bonds. The first kappa shape index (κ1) is 16.0. The summed E-state index contributed by atoms with van der Waals surface area (Å²) in [5.74, 6) is 2.41. The molecule has 0 spiro atoms. The molecular formula is C16H29N3. The van der Waals surface area contributed by atoms with Gasteiger partial charge in [-0.1, -0.05) is 33.8 Å². The summed E-state index contributed by atoms with van der Waals surface area (Å²) in [7, 11) is 2.00. The highest BCUT2D eigenvalue weighted by atomic mass is 15.2. The van der Waals surface area contributed by atoms with Gasteiger partial charge in [-0.15, -0.1) is 0 Å². The quantitative estimate of drug-likeness (QED) is 0.816. The molecule has 1 N–H and O–H groups in total. The summed E-state index contributed by atoms with van der Waals surface area (Å²) in [6.07, 6.45) is 1.90. The Labute approximate surface area is 118 Å². The standard InChI is InChI=1S/C16H29N3/c1-12(2)10-19(11-13(3)4)16-15(14(5)17-6)8-7-9-18-16/h7-9,12-14,17H,10-11H2,1-6H3. The predicted molar refractivity (Wildman–Crippen MR) is 83.6 cm³/mol. The van der Waals surface area contributed by atoms with Gasteiger partial charge in [-0.3, -0.25) is 0 Å². The van der Waals surface area contributed by atoms with Crippen LogP contribution in [-0.4, -0.2) is 25.1 Å². The summed E-state index contributed by atoms with van der Waals surface area (Å²) in [5.41, 5.74) is 1.28. The molecule has 1 aromatic rings. The number of anilines is 1. The molecule has 0 radical (unpaired) electrons. The van der Waals surface area contributed by atoms with Crippen molar-refractivity contribution in [2.75, 3.05) is 25.0 Å². The van der Waals surface area contributed by atoms with E-state index in [9.17, 15) is 0 Å². The van der Waals surface area contributed by atoms with E-state index in [0.717, 1.165) is 18.9 Å². The normalized spacial score (nSPS) is 13.1. The third kappa shape index (κ3) is 4.83. The molecule has 1 rings (SSSR count). The molecule has 0 aliphatic heterocycles. The molecule has 108 valence electrons. The Hall–Kier alpha value is -1.09. The average molecular weight is 263 g/mol. The highest BCUT2D eigenvalue weighted by molar-refractivity contribution is 5.48. The van der Waals surface area contributed by atoms with E-state index in [1.807, 2.05) is 19.3 Å². The van der Waals surface area contributed by atoms with Crippen molar-refractivity contribution in [1.82, 2.24) is 10.3 Å². The van der Waals surface area contributed by atoms with E-state index in [4.69, 9.17) is 0 Å². The van der Waals surface area contributed by atoms with Gasteiger partial charge in [0.1, 0.15) is 5.82 Å². The number of aromatic nitrogens is 1. The van der Waals surface area contributed by atoms with Crippen molar-refractivity contribution in [2.45, 2.75) is 40.7 Å². The molecule has 1 aromatic heterocycles. The van der Waals surface area contributed by atoms with Gasteiger partial charge in [-0.2, -0.15) is 0 Å². The lowest BCUT2D eigenvalue weighted by molar-refractivity contribution is 0.542. The minimum Gasteiger partial charge on any atom is -0.356 e. The Balaban J connectivity index is 3.06. The smallest absolute Gasteiger partial charge is 0.133 e. The molecule has 0 bridgehead atoms. The van der Waals surface area contributed by atoms with Crippen molar-refractivity contribution in [3.63, 3.8) is 0 Å². The Morgan fingerprint density at radius 2 is 1.68 bits per heavy atom. The number of nitrogens with zero attached hydrogens (tertiary/aromatic N) is 2. The molecule has 3 heteroatoms. The lowest BCUT2D eigenvalue weighted by Crippen LogP contribution is -2.33. The molecule has 0 saturated carbocycles. The van der Waals surface area contributed by atoms with Crippen LogP contribution in [0.15, 0.2) is 18.3 Å². The van der Waals surface area contributed by atoms with Gasteiger partial charge in [-0.05, 0) is 31.9 Å². The zero-order valence-corrected chi connectivity index (χ0v) is 13.3. The minimum absolute atomic E-state index is 0.325. The Bertz CT molecular complexity index is 364. The second-order valence-corrected chi connectivity index (χ2v) is 6.12. The van der Waals surface area contributed by atoms with Crippen LogP contribution in [0.1, 0.15) is 46.2 Å². The Morgan fingerprint density at radius 3 is 2.16 bits per heavy atom. The van der Waals surface area contributed by atoms with Gasteiger partial charge in [0.25, 0.3) is 0 Å². The summed E-state index contributed by atoms with van der Waals surface area (Å²) in [6, 6.07) is 4.53. The summed E-state index contributed by atoms with van der Waals surface area (Å²) in [5, 5.41) is 3.32. The zero-order chi connectivity index (χ0) is 14.4. The van der Waals surface area contributed by atoms with Crippen molar-refractivity contribution in [3.05, 3.63) is 23.9 Å². The van der Waals surface area contributed by atoms with Crippen LogP contribution < -0.4 is 10.2 Å². The minimum atomic E-state index is 0.325. The lowest BCUT2D eigenvalue weighted by atomic mass is 10.1. The van der Waals surface area contributed by atoms with Crippen LogP contribution >= 0.6 is 0 Å². The fourth-order valence-electron chi connectivity index (χ4n) is 2.30. The summed E-state index contributed by atoms with van der Waals surface area (Å²) in [6.45, 7) is 13.3. The number of hydrogen-bond donors (Lipinski definition) is 1. The van der Waals surface area contributed by atoms with Crippen LogP contribution in [0.3, 0.4) is 0 Å². The Morgan fingerprint density at radius 1 is 1.11 bits per heavy atom. The summed E-state index contributed by atoms with van der Waals surface area (Å²) in [4.78, 5) is 7.07. The highest BCUT2D eigenvalue weighted by Crippen LogP contribution is 2.25. The Kier molecular flexibility index (Phi) is 6.29. The molecule has 3 nitrogen and oxygen atoms in total. The van der Waals surface area contributed by atoms with Crippen molar-refractivity contribution in [3.8, 4) is 0 Å². The lowest BCUT2D eigenvalue weighted by Gasteiger charge is -2.30. The highest BCUT2D eigenvalue weighted by Gasteiger charge is 2.17. The first-order valence-corrected chi connectivity index (χ1v) is 7.32. The maximum absolute atomic E-state index is 4.64. The third-order valence-electron chi connectivity index (χ3n) is 3.19. The van der Waals surface area contributed by atoms with E-state index < -0.39 is 0 Å². The van der Waals surface area contributed by atoms with Crippen molar-refractivity contribution in [1.29, 1.82) is 0 Å². The molecule has 1 unspecified atom stereocenters. The number of pyridine rings is 1. The van der Waals surface area contributed by atoms with Gasteiger partial charge < -0.3 is 10.2 Å². The van der Waals surface area contributed by atoms with E-state index >= 15 is 0 Å². The van der Waals surface area contributed by atoms with E-state index in [0.29, 0.717) is 17.9 Å². The first-order chi connectivity index (χ1) is 8.95. The molecule has 0 aliphatic carbocycles.